The Kier molecular flexibility index (Phi) is 9.43. The fourth-order valence-electron chi connectivity index (χ4n) is 3.95. The van der Waals surface area contributed by atoms with Crippen molar-refractivity contribution in [3.8, 4) is 17.2 Å². The average Bonchev–Trinajstić information content (AvgIpc) is 3.42. The zero-order chi connectivity index (χ0) is 27.1. The Hall–Kier alpha value is -2.92. The molecule has 1 aliphatic heterocycles. The van der Waals surface area contributed by atoms with E-state index in [1.54, 1.807) is 73.5 Å². The van der Waals surface area contributed by atoms with Gasteiger partial charge >= 0.3 is 0 Å². The van der Waals surface area contributed by atoms with E-state index in [4.69, 9.17) is 25.8 Å². The molecule has 2 N–H and O–H groups in total. The first-order valence-electron chi connectivity index (χ1n) is 11.9. The summed E-state index contributed by atoms with van der Waals surface area (Å²) in [4.78, 5) is 12.6. The summed E-state index contributed by atoms with van der Waals surface area (Å²) < 4.78 is 46.3. The second kappa shape index (κ2) is 12.8. The van der Waals surface area contributed by atoms with Crippen LogP contribution in [-0.2, 0) is 27.8 Å². The molecule has 0 bridgehead atoms. The van der Waals surface area contributed by atoms with E-state index >= 15 is 0 Å². The summed E-state index contributed by atoms with van der Waals surface area (Å²) in [6, 6.07) is 16.8. The van der Waals surface area contributed by atoms with Crippen LogP contribution >= 0.6 is 23.4 Å². The zero-order valence-electron chi connectivity index (χ0n) is 21.0. The number of ether oxygens (including phenoxy) is 3. The number of carbonyl (C=O) groups is 1. The van der Waals surface area contributed by atoms with Crippen molar-refractivity contribution in [3.05, 3.63) is 76.8 Å². The van der Waals surface area contributed by atoms with Gasteiger partial charge in [-0.25, -0.2) is 13.1 Å². The normalized spacial score (nSPS) is 15.2. The molecule has 1 heterocycles. The largest absolute Gasteiger partial charge is 0.497 e. The van der Waals surface area contributed by atoms with E-state index in [0.29, 0.717) is 33.3 Å². The van der Waals surface area contributed by atoms with Gasteiger partial charge in [0.15, 0.2) is 0 Å². The van der Waals surface area contributed by atoms with E-state index in [0.717, 1.165) is 17.9 Å². The van der Waals surface area contributed by atoms with Crippen LogP contribution in [0, 0.1) is 0 Å². The lowest BCUT2D eigenvalue weighted by Gasteiger charge is -2.18. The Morgan fingerprint density at radius 3 is 2.55 bits per heavy atom. The van der Waals surface area contributed by atoms with E-state index in [-0.39, 0.29) is 35.6 Å². The first-order chi connectivity index (χ1) is 18.3. The number of hydrogen-bond acceptors (Lipinski definition) is 7. The van der Waals surface area contributed by atoms with Gasteiger partial charge in [0.25, 0.3) is 0 Å². The van der Waals surface area contributed by atoms with Crippen molar-refractivity contribution in [2.75, 3.05) is 31.0 Å². The SMILES string of the molecule is COc1ccc(CNS(=O)(=O)c2cc(NC(=O)Cc3ccccc3Cl)ccc2OC2CCSC2)c(OC)c1. The number of rotatable bonds is 11. The molecule has 1 amide bonds. The number of sulfonamides is 1. The van der Waals surface area contributed by atoms with Crippen molar-refractivity contribution in [3.63, 3.8) is 0 Å². The number of benzene rings is 3. The number of anilines is 1. The van der Waals surface area contributed by atoms with Gasteiger partial charge in [-0.3, -0.25) is 4.79 Å². The van der Waals surface area contributed by atoms with Gasteiger partial charge in [0.2, 0.25) is 15.9 Å². The van der Waals surface area contributed by atoms with Crippen LogP contribution in [0.25, 0.3) is 0 Å². The summed E-state index contributed by atoms with van der Waals surface area (Å²) >= 11 is 7.94. The van der Waals surface area contributed by atoms with E-state index in [2.05, 4.69) is 10.0 Å². The maximum absolute atomic E-state index is 13.5. The number of nitrogens with one attached hydrogen (secondary N) is 2. The van der Waals surface area contributed by atoms with Crippen molar-refractivity contribution in [2.24, 2.45) is 0 Å². The Bertz CT molecular complexity index is 1390. The van der Waals surface area contributed by atoms with Crippen LogP contribution in [0.15, 0.2) is 65.6 Å². The molecule has 1 fully saturated rings. The molecule has 202 valence electrons. The number of amides is 1. The predicted octanol–water partition coefficient (Wildman–Crippen LogP) is 4.90. The molecule has 1 saturated heterocycles. The summed E-state index contributed by atoms with van der Waals surface area (Å²) in [5.74, 6) is 2.74. The molecule has 1 aliphatic rings. The van der Waals surface area contributed by atoms with E-state index in [1.807, 2.05) is 0 Å². The third kappa shape index (κ3) is 7.13. The molecule has 3 aromatic rings. The molecule has 11 heteroatoms. The highest BCUT2D eigenvalue weighted by molar-refractivity contribution is 7.99. The molecule has 8 nitrogen and oxygen atoms in total. The highest BCUT2D eigenvalue weighted by Gasteiger charge is 2.25. The maximum Gasteiger partial charge on any atom is 0.244 e. The monoisotopic (exact) mass is 576 g/mol. The molecule has 1 unspecified atom stereocenters. The topological polar surface area (TPSA) is 103 Å². The van der Waals surface area contributed by atoms with Crippen molar-refractivity contribution in [1.29, 1.82) is 0 Å². The van der Waals surface area contributed by atoms with E-state index in [1.165, 1.54) is 13.2 Å². The Labute approximate surface area is 232 Å². The van der Waals surface area contributed by atoms with E-state index in [9.17, 15) is 13.2 Å². The minimum atomic E-state index is -4.04. The van der Waals surface area contributed by atoms with Gasteiger partial charge in [0, 0.05) is 34.6 Å². The van der Waals surface area contributed by atoms with E-state index < -0.39 is 10.0 Å². The van der Waals surface area contributed by atoms with Crippen LogP contribution in [0.1, 0.15) is 17.5 Å². The predicted molar refractivity (Wildman–Crippen MR) is 150 cm³/mol. The number of methoxy groups -OCH3 is 2. The molecular weight excluding hydrogens is 548 g/mol. The van der Waals surface area contributed by atoms with Crippen molar-refractivity contribution >= 4 is 45.0 Å². The number of halogens is 1. The van der Waals surface area contributed by atoms with Crippen molar-refractivity contribution in [1.82, 2.24) is 4.72 Å². The Morgan fingerprint density at radius 1 is 1.03 bits per heavy atom. The highest BCUT2D eigenvalue weighted by Crippen LogP contribution is 2.32. The fraction of sp³-hybridized carbons (Fsp3) is 0.296. The van der Waals surface area contributed by atoms with Gasteiger partial charge in [-0.05, 0) is 48.1 Å². The van der Waals surface area contributed by atoms with Gasteiger partial charge in [0.1, 0.15) is 28.2 Å². The first-order valence-corrected chi connectivity index (χ1v) is 14.9. The lowest BCUT2D eigenvalue weighted by atomic mass is 10.1. The molecule has 4 rings (SSSR count). The average molecular weight is 577 g/mol. The second-order valence-corrected chi connectivity index (χ2v) is 11.9. The van der Waals surface area contributed by atoms with Gasteiger partial charge < -0.3 is 19.5 Å². The Balaban J connectivity index is 1.57. The minimum Gasteiger partial charge on any atom is -0.497 e. The summed E-state index contributed by atoms with van der Waals surface area (Å²) in [6.45, 7) is -0.0166. The van der Waals surface area contributed by atoms with Crippen LogP contribution in [0.4, 0.5) is 5.69 Å². The molecule has 1 atom stereocenters. The lowest BCUT2D eigenvalue weighted by Crippen LogP contribution is -2.25. The quantitative estimate of drug-likeness (QED) is 0.335. The molecule has 0 aliphatic carbocycles. The lowest BCUT2D eigenvalue weighted by molar-refractivity contribution is -0.115. The van der Waals surface area contributed by atoms with Crippen LogP contribution in [-0.4, -0.2) is 46.2 Å². The van der Waals surface area contributed by atoms with Gasteiger partial charge in [-0.2, -0.15) is 11.8 Å². The van der Waals surface area contributed by atoms with Crippen LogP contribution in [0.3, 0.4) is 0 Å². The van der Waals surface area contributed by atoms with Crippen LogP contribution < -0.4 is 24.2 Å². The number of hydrogen-bond donors (Lipinski definition) is 2. The number of carbonyl (C=O) groups excluding carboxylic acids is 1. The van der Waals surface area contributed by atoms with Crippen LogP contribution in [0.2, 0.25) is 5.02 Å². The van der Waals surface area contributed by atoms with Gasteiger partial charge in [-0.15, -0.1) is 0 Å². The zero-order valence-corrected chi connectivity index (χ0v) is 23.4. The molecule has 38 heavy (non-hydrogen) atoms. The summed E-state index contributed by atoms with van der Waals surface area (Å²) in [5, 5.41) is 3.26. The standard InChI is InChI=1S/C27H29ClN2O6S2/c1-34-21-9-7-19(25(15-21)35-2)16-29-38(32,33)26-14-20(8-10-24(26)36-22-11-12-37-17-22)30-27(31)13-18-5-3-4-6-23(18)28/h3-10,14-15,22,29H,11-13,16-17H2,1-2H3,(H,30,31). The minimum absolute atomic E-state index is 0.0166. The molecule has 0 spiro atoms. The van der Waals surface area contributed by atoms with Crippen molar-refractivity contribution in [2.45, 2.75) is 30.4 Å². The fourth-order valence-corrected chi connectivity index (χ4v) is 6.41. The maximum atomic E-state index is 13.5. The van der Waals surface area contributed by atoms with Crippen LogP contribution in [0.5, 0.6) is 17.2 Å². The smallest absolute Gasteiger partial charge is 0.244 e. The first kappa shape index (κ1) is 28.1. The van der Waals surface area contributed by atoms with Gasteiger partial charge in [0.05, 0.1) is 20.6 Å². The molecule has 0 saturated carbocycles. The summed E-state index contributed by atoms with van der Waals surface area (Å²) in [7, 11) is -0.986. The second-order valence-electron chi connectivity index (χ2n) is 8.58. The molecular formula is C27H29ClN2O6S2. The molecule has 0 aromatic heterocycles. The molecule has 3 aromatic carbocycles. The molecule has 0 radical (unpaired) electrons. The summed E-state index contributed by atoms with van der Waals surface area (Å²) in [5.41, 5.74) is 1.64. The Morgan fingerprint density at radius 2 is 1.84 bits per heavy atom. The third-order valence-electron chi connectivity index (χ3n) is 5.95. The number of thioether (sulfide) groups is 1. The summed E-state index contributed by atoms with van der Waals surface area (Å²) in [6.07, 6.45) is 0.794. The van der Waals surface area contributed by atoms with Gasteiger partial charge in [-0.1, -0.05) is 35.9 Å². The van der Waals surface area contributed by atoms with Crippen molar-refractivity contribution < 1.29 is 27.4 Å². The third-order valence-corrected chi connectivity index (χ3v) is 8.88. The highest BCUT2D eigenvalue weighted by atomic mass is 35.5.